The highest BCUT2D eigenvalue weighted by Crippen LogP contribution is 2.17. The average Bonchev–Trinajstić information content (AvgIpc) is 3.07. The Morgan fingerprint density at radius 3 is 2.73 bits per heavy atom. The summed E-state index contributed by atoms with van der Waals surface area (Å²) in [5.41, 5.74) is 2.55. The van der Waals surface area contributed by atoms with Crippen LogP contribution in [0.1, 0.15) is 54.0 Å². The average molecular weight is 301 g/mol. The molecule has 0 radical (unpaired) electrons. The Balaban J connectivity index is 1.62. The molecule has 2 heterocycles. The summed E-state index contributed by atoms with van der Waals surface area (Å²) in [6, 6.07) is 4.10. The van der Waals surface area contributed by atoms with Crippen LogP contribution in [0.5, 0.6) is 0 Å². The van der Waals surface area contributed by atoms with Crippen LogP contribution in [0.25, 0.3) is 0 Å². The second-order valence-electron chi connectivity index (χ2n) is 6.12. The Labute approximate surface area is 130 Å². The van der Waals surface area contributed by atoms with E-state index in [2.05, 4.69) is 15.5 Å². The highest BCUT2D eigenvalue weighted by Gasteiger charge is 2.18. The zero-order chi connectivity index (χ0) is 15.5. The van der Waals surface area contributed by atoms with Gasteiger partial charge in [0.1, 0.15) is 12.4 Å². The van der Waals surface area contributed by atoms with E-state index in [4.69, 9.17) is 0 Å². The van der Waals surface area contributed by atoms with E-state index < -0.39 is 0 Å². The summed E-state index contributed by atoms with van der Waals surface area (Å²) in [6.45, 7) is 4.51. The van der Waals surface area contributed by atoms with Crippen LogP contribution in [0.2, 0.25) is 0 Å². The fourth-order valence-corrected chi connectivity index (χ4v) is 3.02. The Morgan fingerprint density at radius 1 is 1.27 bits per heavy atom. The zero-order valence-corrected chi connectivity index (χ0v) is 13.2. The minimum Gasteiger partial charge on any atom is -0.348 e. The number of aromatic nitrogens is 4. The van der Waals surface area contributed by atoms with Gasteiger partial charge < -0.3 is 5.32 Å². The van der Waals surface area contributed by atoms with E-state index in [0.717, 1.165) is 24.2 Å². The molecule has 1 aliphatic rings. The summed E-state index contributed by atoms with van der Waals surface area (Å²) < 4.78 is 3.63. The van der Waals surface area contributed by atoms with E-state index in [1.807, 2.05) is 30.8 Å². The Bertz CT molecular complexity index is 651. The fraction of sp³-hybridized carbons (Fsp3) is 0.562. The van der Waals surface area contributed by atoms with Gasteiger partial charge in [0.2, 0.25) is 0 Å². The van der Waals surface area contributed by atoms with Crippen LogP contribution in [0.3, 0.4) is 0 Å². The van der Waals surface area contributed by atoms with Crippen molar-refractivity contribution in [3.63, 3.8) is 0 Å². The van der Waals surface area contributed by atoms with Gasteiger partial charge in [-0.1, -0.05) is 19.3 Å². The second kappa shape index (κ2) is 6.34. The van der Waals surface area contributed by atoms with E-state index in [0.29, 0.717) is 18.4 Å². The van der Waals surface area contributed by atoms with Gasteiger partial charge in [-0.15, -0.1) is 0 Å². The minimum atomic E-state index is -0.0704. The zero-order valence-electron chi connectivity index (χ0n) is 13.2. The van der Waals surface area contributed by atoms with Crippen LogP contribution in [-0.4, -0.2) is 31.5 Å². The lowest BCUT2D eigenvalue weighted by molar-refractivity contribution is 0.0921. The van der Waals surface area contributed by atoms with E-state index in [-0.39, 0.29) is 5.91 Å². The number of carbonyl (C=O) groups excluding carboxylic acids is 1. The summed E-state index contributed by atoms with van der Waals surface area (Å²) in [7, 11) is 0. The number of amides is 1. The van der Waals surface area contributed by atoms with Gasteiger partial charge >= 0.3 is 0 Å². The number of aryl methyl sites for hydroxylation is 2. The monoisotopic (exact) mass is 301 g/mol. The first-order valence-electron chi connectivity index (χ1n) is 7.97. The summed E-state index contributed by atoms with van der Waals surface area (Å²) in [4.78, 5) is 12.2. The van der Waals surface area contributed by atoms with Crippen molar-refractivity contribution in [1.29, 1.82) is 0 Å². The minimum absolute atomic E-state index is 0.0704. The highest BCUT2D eigenvalue weighted by molar-refractivity contribution is 5.92. The molecular formula is C16H23N5O. The van der Waals surface area contributed by atoms with Gasteiger partial charge in [-0.25, -0.2) is 4.68 Å². The lowest BCUT2D eigenvalue weighted by atomic mass is 9.95. The predicted molar refractivity (Wildman–Crippen MR) is 83.7 cm³/mol. The van der Waals surface area contributed by atoms with Crippen LogP contribution in [0, 0.1) is 13.8 Å². The smallest absolute Gasteiger partial charge is 0.271 e. The van der Waals surface area contributed by atoms with Crippen LogP contribution >= 0.6 is 0 Å². The number of carbonyl (C=O) groups is 1. The highest BCUT2D eigenvalue weighted by atomic mass is 16.2. The number of hydrogen-bond acceptors (Lipinski definition) is 3. The van der Waals surface area contributed by atoms with Crippen LogP contribution in [-0.2, 0) is 6.67 Å². The van der Waals surface area contributed by atoms with Crippen molar-refractivity contribution in [3.8, 4) is 0 Å². The van der Waals surface area contributed by atoms with Crippen LogP contribution < -0.4 is 5.32 Å². The molecule has 1 N–H and O–H groups in total. The molecule has 1 fully saturated rings. The van der Waals surface area contributed by atoms with Crippen LogP contribution in [0.4, 0.5) is 0 Å². The molecule has 1 aliphatic carbocycles. The van der Waals surface area contributed by atoms with Crippen molar-refractivity contribution >= 4 is 5.91 Å². The lowest BCUT2D eigenvalue weighted by Crippen LogP contribution is -2.36. The van der Waals surface area contributed by atoms with Gasteiger partial charge in [0.15, 0.2) is 0 Å². The van der Waals surface area contributed by atoms with Crippen molar-refractivity contribution in [1.82, 2.24) is 24.9 Å². The van der Waals surface area contributed by atoms with Gasteiger partial charge in [0, 0.05) is 17.9 Å². The van der Waals surface area contributed by atoms with Crippen molar-refractivity contribution < 1.29 is 4.79 Å². The maximum atomic E-state index is 12.2. The number of nitrogens with zero attached hydrogens (tertiary/aromatic N) is 4. The summed E-state index contributed by atoms with van der Waals surface area (Å²) in [6.07, 6.45) is 7.68. The third-order valence-corrected chi connectivity index (χ3v) is 4.20. The molecule has 1 saturated carbocycles. The molecule has 0 spiro atoms. The molecule has 0 aliphatic heterocycles. The Hall–Kier alpha value is -2.11. The Kier molecular flexibility index (Phi) is 4.27. The quantitative estimate of drug-likeness (QED) is 0.942. The summed E-state index contributed by atoms with van der Waals surface area (Å²) >= 11 is 0. The van der Waals surface area contributed by atoms with Gasteiger partial charge in [-0.05, 0) is 38.8 Å². The van der Waals surface area contributed by atoms with E-state index in [9.17, 15) is 4.79 Å². The summed E-state index contributed by atoms with van der Waals surface area (Å²) in [5.74, 6) is -0.0704. The number of rotatable bonds is 4. The SMILES string of the molecule is Cc1cc(C)n(Cn2ccc(C(=O)NC3CCCCC3)n2)n1. The summed E-state index contributed by atoms with van der Waals surface area (Å²) in [5, 5.41) is 11.9. The first-order chi connectivity index (χ1) is 10.6. The normalized spacial score (nSPS) is 15.9. The molecule has 0 bridgehead atoms. The molecule has 2 aromatic rings. The molecular weight excluding hydrogens is 278 g/mol. The molecule has 1 amide bonds. The van der Waals surface area contributed by atoms with Crippen molar-refractivity contribution in [2.45, 2.75) is 58.7 Å². The maximum absolute atomic E-state index is 12.2. The van der Waals surface area contributed by atoms with E-state index in [1.54, 1.807) is 10.7 Å². The molecule has 0 aromatic carbocycles. The molecule has 0 saturated heterocycles. The molecule has 2 aromatic heterocycles. The van der Waals surface area contributed by atoms with Gasteiger partial charge in [-0.3, -0.25) is 9.48 Å². The van der Waals surface area contributed by atoms with Gasteiger partial charge in [0.25, 0.3) is 5.91 Å². The fourth-order valence-electron chi connectivity index (χ4n) is 3.02. The van der Waals surface area contributed by atoms with Crippen molar-refractivity contribution in [3.05, 3.63) is 35.4 Å². The second-order valence-corrected chi connectivity index (χ2v) is 6.12. The molecule has 118 valence electrons. The molecule has 22 heavy (non-hydrogen) atoms. The first-order valence-corrected chi connectivity index (χ1v) is 7.97. The van der Waals surface area contributed by atoms with Gasteiger partial charge in [-0.2, -0.15) is 10.2 Å². The molecule has 0 unspecified atom stereocenters. The van der Waals surface area contributed by atoms with Gasteiger partial charge in [0.05, 0.1) is 5.69 Å². The van der Waals surface area contributed by atoms with Crippen LogP contribution in [0.15, 0.2) is 18.3 Å². The predicted octanol–water partition coefficient (Wildman–Crippen LogP) is 2.26. The maximum Gasteiger partial charge on any atom is 0.271 e. The lowest BCUT2D eigenvalue weighted by Gasteiger charge is -2.22. The Morgan fingerprint density at radius 2 is 2.05 bits per heavy atom. The number of nitrogens with one attached hydrogen (secondary N) is 1. The largest absolute Gasteiger partial charge is 0.348 e. The molecule has 3 rings (SSSR count). The standard InChI is InChI=1S/C16H23N5O/c1-12-10-13(2)21(18-12)11-20-9-8-15(19-20)16(22)17-14-6-4-3-5-7-14/h8-10,14H,3-7,11H2,1-2H3,(H,17,22). The molecule has 6 heteroatoms. The van der Waals surface area contributed by atoms with Crippen molar-refractivity contribution in [2.75, 3.05) is 0 Å². The molecule has 0 atom stereocenters. The number of hydrogen-bond donors (Lipinski definition) is 1. The van der Waals surface area contributed by atoms with E-state index >= 15 is 0 Å². The van der Waals surface area contributed by atoms with E-state index in [1.165, 1.54) is 19.3 Å². The third kappa shape index (κ3) is 3.37. The third-order valence-electron chi connectivity index (χ3n) is 4.20. The first kappa shape index (κ1) is 14.8. The van der Waals surface area contributed by atoms with Crippen molar-refractivity contribution in [2.24, 2.45) is 0 Å². The topological polar surface area (TPSA) is 64.7 Å². The molecule has 6 nitrogen and oxygen atoms in total.